The molecule has 0 amide bonds. The predicted octanol–water partition coefficient (Wildman–Crippen LogP) is 1.80. The van der Waals surface area contributed by atoms with Gasteiger partial charge in [0.05, 0.1) is 12.9 Å². The highest BCUT2D eigenvalue weighted by molar-refractivity contribution is 6.30. The molecule has 0 aliphatic rings. The van der Waals surface area contributed by atoms with Crippen molar-refractivity contribution in [2.24, 2.45) is 14.1 Å². The third-order valence-corrected chi connectivity index (χ3v) is 4.98. The molecule has 0 saturated carbocycles. The van der Waals surface area contributed by atoms with Gasteiger partial charge in [0.15, 0.2) is 17.3 Å². The molecule has 2 heterocycles. The predicted molar refractivity (Wildman–Crippen MR) is 112 cm³/mol. The van der Waals surface area contributed by atoms with E-state index in [9.17, 15) is 14.4 Å². The first-order chi connectivity index (χ1) is 14.2. The molecule has 2 aromatic heterocycles. The lowest BCUT2D eigenvalue weighted by Gasteiger charge is -2.16. The van der Waals surface area contributed by atoms with Gasteiger partial charge in [0.25, 0.3) is 5.56 Å². The number of imidazole rings is 1. The molecule has 0 fully saturated rings. The molecule has 0 radical (unpaired) electrons. The average Bonchev–Trinajstić information content (AvgIpc) is 3.09. The fourth-order valence-electron chi connectivity index (χ4n) is 3.09. The Hall–Kier alpha value is -3.07. The van der Waals surface area contributed by atoms with Crippen LogP contribution in [-0.2, 0) is 30.2 Å². The van der Waals surface area contributed by atoms with Gasteiger partial charge in [-0.1, -0.05) is 11.6 Å². The smallest absolute Gasteiger partial charge is 0.347 e. The second kappa shape index (κ2) is 8.74. The summed E-state index contributed by atoms with van der Waals surface area (Å²) in [6.45, 7) is 3.58. The molecule has 0 N–H and O–H groups in total. The summed E-state index contributed by atoms with van der Waals surface area (Å²) in [6.07, 6.45) is 0.976. The fraction of sp³-hybridized carbons (Fsp3) is 0.400. The number of carbonyl (C=O) groups is 1. The molecule has 1 aromatic carbocycles. The largest absolute Gasteiger partial charge is 0.479 e. The van der Waals surface area contributed by atoms with Crippen LogP contribution in [0.4, 0.5) is 0 Å². The highest BCUT2D eigenvalue weighted by Gasteiger charge is 2.18. The molecule has 3 aromatic rings. The monoisotopic (exact) mass is 434 g/mol. The van der Waals surface area contributed by atoms with E-state index in [1.807, 2.05) is 6.92 Å². The van der Waals surface area contributed by atoms with Gasteiger partial charge in [0.1, 0.15) is 5.75 Å². The van der Waals surface area contributed by atoms with Crippen molar-refractivity contribution < 1.29 is 14.3 Å². The molecule has 3 rings (SSSR count). The highest BCUT2D eigenvalue weighted by atomic mass is 35.5. The molecular formula is C20H23ClN4O5. The van der Waals surface area contributed by atoms with Gasteiger partial charge in [0, 0.05) is 25.7 Å². The first-order valence-corrected chi connectivity index (χ1v) is 9.78. The number of fused-ring (bicyclic) bond motifs is 1. The van der Waals surface area contributed by atoms with Crippen LogP contribution in [0.5, 0.6) is 5.75 Å². The van der Waals surface area contributed by atoms with E-state index >= 15 is 0 Å². The molecule has 1 unspecified atom stereocenters. The van der Waals surface area contributed by atoms with E-state index in [1.54, 1.807) is 43.8 Å². The third kappa shape index (κ3) is 4.25. The van der Waals surface area contributed by atoms with E-state index in [1.165, 1.54) is 10.9 Å². The average molecular weight is 435 g/mol. The summed E-state index contributed by atoms with van der Waals surface area (Å²) in [6, 6.07) is 5.11. The fourth-order valence-corrected chi connectivity index (χ4v) is 3.32. The Morgan fingerprint density at radius 1 is 1.27 bits per heavy atom. The lowest BCUT2D eigenvalue weighted by molar-refractivity contribution is -0.151. The Balaban J connectivity index is 1.59. The molecule has 10 heteroatoms. The van der Waals surface area contributed by atoms with Crippen LogP contribution < -0.4 is 16.0 Å². The van der Waals surface area contributed by atoms with Crippen molar-refractivity contribution in [3.05, 3.63) is 56.0 Å². The molecule has 0 spiro atoms. The van der Waals surface area contributed by atoms with Gasteiger partial charge in [-0.25, -0.2) is 14.6 Å². The summed E-state index contributed by atoms with van der Waals surface area (Å²) in [5.41, 5.74) is 0.595. The number of halogens is 1. The lowest BCUT2D eigenvalue weighted by Crippen LogP contribution is -2.40. The number of rotatable bonds is 7. The van der Waals surface area contributed by atoms with Crippen molar-refractivity contribution >= 4 is 28.7 Å². The summed E-state index contributed by atoms with van der Waals surface area (Å²) in [7, 11) is 3.25. The van der Waals surface area contributed by atoms with Crippen molar-refractivity contribution in [1.82, 2.24) is 18.7 Å². The Kier molecular flexibility index (Phi) is 6.31. The van der Waals surface area contributed by atoms with E-state index in [4.69, 9.17) is 21.1 Å². The van der Waals surface area contributed by atoms with Gasteiger partial charge in [-0.05, 0) is 44.0 Å². The van der Waals surface area contributed by atoms with Crippen molar-refractivity contribution in [3.63, 3.8) is 0 Å². The quantitative estimate of drug-likeness (QED) is 0.415. The second-order valence-electron chi connectivity index (χ2n) is 7.02. The van der Waals surface area contributed by atoms with Gasteiger partial charge in [-0.15, -0.1) is 0 Å². The van der Waals surface area contributed by atoms with E-state index in [2.05, 4.69) is 4.98 Å². The molecule has 1 atom stereocenters. The van der Waals surface area contributed by atoms with Gasteiger partial charge in [0.2, 0.25) is 0 Å². The topological polar surface area (TPSA) is 97.3 Å². The Morgan fingerprint density at radius 3 is 2.70 bits per heavy atom. The first kappa shape index (κ1) is 21.6. The van der Waals surface area contributed by atoms with Crippen molar-refractivity contribution in [2.45, 2.75) is 32.9 Å². The maximum absolute atomic E-state index is 12.6. The van der Waals surface area contributed by atoms with Crippen molar-refractivity contribution in [1.29, 1.82) is 0 Å². The third-order valence-electron chi connectivity index (χ3n) is 4.74. The summed E-state index contributed by atoms with van der Waals surface area (Å²) < 4.78 is 14.9. The summed E-state index contributed by atoms with van der Waals surface area (Å²) in [5, 5.41) is 0.584. The van der Waals surface area contributed by atoms with Gasteiger partial charge in [-0.3, -0.25) is 13.9 Å². The number of carbonyl (C=O) groups excluding carboxylic acids is 1. The normalized spacial score (nSPS) is 12.2. The Morgan fingerprint density at radius 2 is 2.00 bits per heavy atom. The SMILES string of the molecule is Cc1cc(Cl)ccc1OC(C)C(=O)OCCCn1c(=O)c2c(ncn2C)n(C)c1=O. The number of ether oxygens (including phenoxy) is 2. The number of nitrogens with zero attached hydrogens (tertiary/aromatic N) is 4. The lowest BCUT2D eigenvalue weighted by atomic mass is 10.2. The molecule has 0 aliphatic heterocycles. The molecule has 160 valence electrons. The van der Waals surface area contributed by atoms with Crippen LogP contribution in [0.2, 0.25) is 5.02 Å². The maximum atomic E-state index is 12.6. The molecule has 0 aliphatic carbocycles. The molecule has 0 saturated heterocycles. The number of hydrogen-bond donors (Lipinski definition) is 0. The van der Waals surface area contributed by atoms with Crippen LogP contribution in [-0.4, -0.2) is 37.4 Å². The number of aryl methyl sites for hydroxylation is 3. The Labute approximate surface area is 177 Å². The minimum Gasteiger partial charge on any atom is -0.479 e. The van der Waals surface area contributed by atoms with E-state index < -0.39 is 23.3 Å². The van der Waals surface area contributed by atoms with Crippen LogP contribution in [0.3, 0.4) is 0 Å². The first-order valence-electron chi connectivity index (χ1n) is 9.41. The van der Waals surface area contributed by atoms with E-state index in [-0.39, 0.29) is 13.2 Å². The summed E-state index contributed by atoms with van der Waals surface area (Å²) in [4.78, 5) is 41.4. The van der Waals surface area contributed by atoms with Crippen LogP contribution in [0.15, 0.2) is 34.1 Å². The van der Waals surface area contributed by atoms with Gasteiger partial charge < -0.3 is 14.0 Å². The van der Waals surface area contributed by atoms with E-state index in [0.717, 1.165) is 10.1 Å². The number of esters is 1. The zero-order valence-electron chi connectivity index (χ0n) is 17.2. The maximum Gasteiger partial charge on any atom is 0.347 e. The summed E-state index contributed by atoms with van der Waals surface area (Å²) in [5.74, 6) is 0.00932. The number of benzene rings is 1. The van der Waals surface area contributed by atoms with Crippen LogP contribution >= 0.6 is 11.6 Å². The minimum atomic E-state index is -0.814. The number of hydrogen-bond acceptors (Lipinski definition) is 6. The zero-order valence-corrected chi connectivity index (χ0v) is 18.0. The molecule has 0 bridgehead atoms. The molecular weight excluding hydrogens is 412 g/mol. The highest BCUT2D eigenvalue weighted by Crippen LogP contribution is 2.23. The minimum absolute atomic E-state index is 0.0468. The van der Waals surface area contributed by atoms with Crippen LogP contribution in [0, 0.1) is 6.92 Å². The van der Waals surface area contributed by atoms with Crippen molar-refractivity contribution in [2.75, 3.05) is 6.61 Å². The van der Waals surface area contributed by atoms with Crippen molar-refractivity contribution in [3.8, 4) is 5.75 Å². The number of aromatic nitrogens is 4. The van der Waals surface area contributed by atoms with Gasteiger partial charge >= 0.3 is 11.7 Å². The molecule has 30 heavy (non-hydrogen) atoms. The van der Waals surface area contributed by atoms with Gasteiger partial charge in [-0.2, -0.15) is 0 Å². The van der Waals surface area contributed by atoms with E-state index in [0.29, 0.717) is 28.4 Å². The second-order valence-corrected chi connectivity index (χ2v) is 7.45. The van der Waals surface area contributed by atoms with Crippen LogP contribution in [0.25, 0.3) is 11.2 Å². The van der Waals surface area contributed by atoms with Crippen LogP contribution in [0.1, 0.15) is 18.9 Å². The Bertz CT molecular complexity index is 1210. The molecule has 9 nitrogen and oxygen atoms in total. The standard InChI is InChI=1S/C20H23ClN4O5/c1-12-10-14(21)6-7-15(12)30-13(2)19(27)29-9-5-8-25-18(26)16-17(22-11-23(16)3)24(4)20(25)28/h6-7,10-11,13H,5,8-9H2,1-4H3. The zero-order chi connectivity index (χ0) is 22.0. The summed E-state index contributed by atoms with van der Waals surface area (Å²) >= 11 is 5.92.